The van der Waals surface area contributed by atoms with E-state index < -0.39 is 7.37 Å². The summed E-state index contributed by atoms with van der Waals surface area (Å²) in [5.41, 5.74) is 0.00458. The molecule has 5 atom stereocenters. The summed E-state index contributed by atoms with van der Waals surface area (Å²) in [4.78, 5) is 0. The maximum Gasteiger partial charge on any atom is 0.237 e. The normalized spacial score (nSPS) is 33.5. The molecule has 3 rings (SSSR count). The van der Waals surface area contributed by atoms with Crippen LogP contribution in [0.25, 0.3) is 0 Å². The molecule has 1 aromatic rings. The number of ether oxygens (including phenoxy) is 1. The monoisotopic (exact) mass is 350 g/mol. The van der Waals surface area contributed by atoms with Gasteiger partial charge >= 0.3 is 0 Å². The zero-order chi connectivity index (χ0) is 17.2. The molecule has 0 radical (unpaired) electrons. The van der Waals surface area contributed by atoms with E-state index in [0.29, 0.717) is 31.0 Å². The molecule has 24 heavy (non-hydrogen) atoms. The van der Waals surface area contributed by atoms with Gasteiger partial charge in [0.05, 0.1) is 18.4 Å². The van der Waals surface area contributed by atoms with Crippen molar-refractivity contribution >= 4 is 12.7 Å². The van der Waals surface area contributed by atoms with E-state index in [0.717, 1.165) is 18.1 Å². The molecule has 1 aliphatic carbocycles. The molecule has 0 N–H and O–H groups in total. The zero-order valence-electron chi connectivity index (χ0n) is 15.2. The first-order valence-corrected chi connectivity index (χ1v) is 11.1. The molecule has 0 amide bonds. The van der Waals surface area contributed by atoms with Gasteiger partial charge in [-0.2, -0.15) is 0 Å². The summed E-state index contributed by atoms with van der Waals surface area (Å²) in [6, 6.07) is 9.83. The Hall–Kier alpha value is -0.630. The topological polar surface area (TPSA) is 35.5 Å². The molecule has 4 heteroatoms. The van der Waals surface area contributed by atoms with Crippen molar-refractivity contribution in [2.45, 2.75) is 58.2 Å². The summed E-state index contributed by atoms with van der Waals surface area (Å²) in [6.07, 6.45) is 4.39. The largest absolute Gasteiger partial charge is 0.381 e. The van der Waals surface area contributed by atoms with Gasteiger partial charge in [0.15, 0.2) is 0 Å². The highest BCUT2D eigenvalue weighted by Gasteiger charge is 2.43. The molecule has 0 aromatic heterocycles. The van der Waals surface area contributed by atoms with Crippen LogP contribution in [0.5, 0.6) is 0 Å². The Morgan fingerprint density at radius 3 is 2.54 bits per heavy atom. The van der Waals surface area contributed by atoms with Crippen LogP contribution in [0.4, 0.5) is 0 Å². The summed E-state index contributed by atoms with van der Waals surface area (Å²) >= 11 is 0. The van der Waals surface area contributed by atoms with Crippen LogP contribution in [0.1, 0.15) is 46.5 Å². The Balaban J connectivity index is 1.89. The predicted octanol–water partition coefficient (Wildman–Crippen LogP) is 4.86. The van der Waals surface area contributed by atoms with Gasteiger partial charge in [-0.1, -0.05) is 45.4 Å². The second-order valence-corrected chi connectivity index (χ2v) is 10.6. The summed E-state index contributed by atoms with van der Waals surface area (Å²) in [7, 11) is -2.92. The van der Waals surface area contributed by atoms with Crippen molar-refractivity contribution in [2.24, 2.45) is 17.8 Å². The highest BCUT2D eigenvalue weighted by Crippen LogP contribution is 2.56. The molecule has 0 bridgehead atoms. The molecule has 1 heterocycles. The Kier molecular flexibility index (Phi) is 5.85. The van der Waals surface area contributed by atoms with Crippen LogP contribution in [-0.4, -0.2) is 25.0 Å². The van der Waals surface area contributed by atoms with E-state index >= 15 is 0 Å². The molecule has 134 valence electrons. The summed E-state index contributed by atoms with van der Waals surface area (Å²) in [5, 5.41) is 0.862. The molecular formula is C20H31O3P. The Morgan fingerprint density at radius 2 is 1.92 bits per heavy atom. The SMILES string of the molecule is CC(C)[C@@H]1CC[C@@H](C)C[C@H]1O[P@](=O)(c1ccccc1)C1CCOC1. The van der Waals surface area contributed by atoms with Gasteiger partial charge in [0.2, 0.25) is 7.37 Å². The first-order valence-electron chi connectivity index (χ1n) is 9.42. The average molecular weight is 350 g/mol. The van der Waals surface area contributed by atoms with Crippen LogP contribution in [0, 0.1) is 17.8 Å². The first-order chi connectivity index (χ1) is 11.5. The van der Waals surface area contributed by atoms with E-state index in [1.807, 2.05) is 30.3 Å². The van der Waals surface area contributed by atoms with Gasteiger partial charge in [-0.05, 0) is 49.1 Å². The molecule has 3 nitrogen and oxygen atoms in total. The van der Waals surface area contributed by atoms with Crippen molar-refractivity contribution in [3.05, 3.63) is 30.3 Å². The lowest BCUT2D eigenvalue weighted by atomic mass is 9.75. The predicted molar refractivity (Wildman–Crippen MR) is 99.1 cm³/mol. The van der Waals surface area contributed by atoms with Crippen molar-refractivity contribution in [1.29, 1.82) is 0 Å². The summed E-state index contributed by atoms with van der Waals surface area (Å²) in [6.45, 7) is 8.08. The maximum atomic E-state index is 14.1. The minimum atomic E-state index is -2.92. The van der Waals surface area contributed by atoms with Crippen molar-refractivity contribution < 1.29 is 13.8 Å². The third-order valence-corrected chi connectivity index (χ3v) is 8.73. The lowest BCUT2D eigenvalue weighted by Gasteiger charge is -2.40. The van der Waals surface area contributed by atoms with Gasteiger partial charge in [-0.15, -0.1) is 0 Å². The van der Waals surface area contributed by atoms with Gasteiger partial charge in [0, 0.05) is 11.9 Å². The molecule has 0 spiro atoms. The molecule has 2 fully saturated rings. The van der Waals surface area contributed by atoms with Crippen molar-refractivity contribution in [3.8, 4) is 0 Å². The fraction of sp³-hybridized carbons (Fsp3) is 0.700. The van der Waals surface area contributed by atoms with E-state index in [1.54, 1.807) is 0 Å². The highest BCUT2D eigenvalue weighted by atomic mass is 31.2. The molecule has 1 saturated heterocycles. The minimum Gasteiger partial charge on any atom is -0.381 e. The fourth-order valence-corrected chi connectivity index (χ4v) is 6.92. The van der Waals surface area contributed by atoms with Crippen LogP contribution in [0.2, 0.25) is 0 Å². The third kappa shape index (κ3) is 3.79. The molecule has 2 aliphatic rings. The van der Waals surface area contributed by atoms with Gasteiger partial charge in [0.1, 0.15) is 0 Å². The lowest BCUT2D eigenvalue weighted by molar-refractivity contribution is 0.0483. The minimum absolute atomic E-state index is 0.00458. The van der Waals surface area contributed by atoms with Gasteiger partial charge < -0.3 is 9.26 Å². The summed E-state index contributed by atoms with van der Waals surface area (Å²) in [5.74, 6) is 1.71. The highest BCUT2D eigenvalue weighted by molar-refractivity contribution is 7.67. The zero-order valence-corrected chi connectivity index (χ0v) is 16.1. The van der Waals surface area contributed by atoms with Crippen LogP contribution < -0.4 is 5.30 Å². The Labute approximate surface area is 146 Å². The molecular weight excluding hydrogens is 319 g/mol. The van der Waals surface area contributed by atoms with Crippen LogP contribution in [0.3, 0.4) is 0 Å². The van der Waals surface area contributed by atoms with Crippen LogP contribution in [-0.2, 0) is 13.8 Å². The van der Waals surface area contributed by atoms with Crippen LogP contribution in [0.15, 0.2) is 30.3 Å². The number of rotatable bonds is 5. The second kappa shape index (κ2) is 7.72. The Morgan fingerprint density at radius 1 is 1.17 bits per heavy atom. The quantitative estimate of drug-likeness (QED) is 0.712. The van der Waals surface area contributed by atoms with Gasteiger partial charge in [-0.25, -0.2) is 0 Å². The van der Waals surface area contributed by atoms with Crippen LogP contribution >= 0.6 is 7.37 Å². The first kappa shape index (κ1) is 18.2. The molecule has 1 saturated carbocycles. The van der Waals surface area contributed by atoms with Gasteiger partial charge in [0.25, 0.3) is 0 Å². The van der Waals surface area contributed by atoms with Crippen molar-refractivity contribution in [3.63, 3.8) is 0 Å². The lowest BCUT2D eigenvalue weighted by Crippen LogP contribution is -2.36. The maximum absolute atomic E-state index is 14.1. The molecule has 1 unspecified atom stereocenters. The van der Waals surface area contributed by atoms with Gasteiger partial charge in [-0.3, -0.25) is 4.57 Å². The fourth-order valence-electron chi connectivity index (χ4n) is 4.22. The smallest absolute Gasteiger partial charge is 0.237 e. The van der Waals surface area contributed by atoms with E-state index in [-0.39, 0.29) is 11.8 Å². The van der Waals surface area contributed by atoms with Crippen molar-refractivity contribution in [1.82, 2.24) is 0 Å². The van der Waals surface area contributed by atoms with E-state index in [9.17, 15) is 4.57 Å². The number of benzene rings is 1. The average Bonchev–Trinajstić information content (AvgIpc) is 3.10. The van der Waals surface area contributed by atoms with E-state index in [1.165, 1.54) is 12.8 Å². The number of hydrogen-bond donors (Lipinski definition) is 0. The molecule has 1 aromatic carbocycles. The number of hydrogen-bond acceptors (Lipinski definition) is 3. The standard InChI is InChI=1S/C20H31O3P/c1-15(2)19-10-9-16(3)13-20(19)23-24(21,18-11-12-22-14-18)17-7-5-4-6-8-17/h4-8,15-16,18-20H,9-14H2,1-3H3/t16-,18?,19+,20-,24-/m1/s1. The van der Waals surface area contributed by atoms with E-state index in [4.69, 9.17) is 9.26 Å². The van der Waals surface area contributed by atoms with Crippen molar-refractivity contribution in [2.75, 3.05) is 13.2 Å². The van der Waals surface area contributed by atoms with E-state index in [2.05, 4.69) is 20.8 Å². The Bertz CT molecular complexity index is 566. The molecule has 1 aliphatic heterocycles. The summed E-state index contributed by atoms with van der Waals surface area (Å²) < 4.78 is 26.2. The third-order valence-electron chi connectivity index (χ3n) is 5.76. The second-order valence-electron chi connectivity index (χ2n) is 7.92.